The Morgan fingerprint density at radius 2 is 1.83 bits per heavy atom. The topological polar surface area (TPSA) is 9.23 Å². The quantitative estimate of drug-likeness (QED) is 0.569. The van der Waals surface area contributed by atoms with Gasteiger partial charge >= 0.3 is 23.1 Å². The van der Waals surface area contributed by atoms with Gasteiger partial charge in [-0.2, -0.15) is 6.07 Å². The predicted octanol–water partition coefficient (Wildman–Crippen LogP) is -0.0328. The number of hydrogen-bond donors (Lipinski definition) is 0. The van der Waals surface area contributed by atoms with E-state index in [2.05, 4.69) is 6.07 Å². The molecule has 0 N–H and O–H groups in total. The molecule has 0 saturated carbocycles. The second kappa shape index (κ2) is 8.45. The fourth-order valence-corrected chi connectivity index (χ4v) is 1.27. The average Bonchev–Trinajstić information content (AvgIpc) is 2.28. The fourth-order valence-electron chi connectivity index (χ4n) is 1.27. The van der Waals surface area contributed by atoms with Crippen LogP contribution in [0.25, 0.3) is 0 Å². The summed E-state index contributed by atoms with van der Waals surface area (Å²) in [6, 6.07) is 12.9. The molecule has 2 rings (SSSR count). The van der Waals surface area contributed by atoms with Gasteiger partial charge in [0.25, 0.3) is 0 Å². The Kier molecular flexibility index (Phi) is 8.14. The Balaban J connectivity index is 0.00000144. The van der Waals surface area contributed by atoms with Gasteiger partial charge in [-0.25, -0.2) is 8.78 Å². The van der Waals surface area contributed by atoms with Gasteiger partial charge in [-0.1, -0.05) is 24.3 Å². The number of rotatable bonds is 3. The van der Waals surface area contributed by atoms with Crippen LogP contribution in [-0.2, 0) is 6.61 Å². The first-order valence-corrected chi connectivity index (χ1v) is 4.79. The summed E-state index contributed by atoms with van der Waals surface area (Å²) in [6.07, 6.45) is 0. The first kappa shape index (κ1) is 17.3. The van der Waals surface area contributed by atoms with Crippen LogP contribution < -0.4 is 21.7 Å². The summed E-state index contributed by atoms with van der Waals surface area (Å²) in [5.74, 6) is -0.468. The van der Waals surface area contributed by atoms with E-state index in [1.165, 1.54) is 24.3 Å². The largest absolute Gasteiger partial charge is 2.00 e. The molecule has 2 aromatic carbocycles. The van der Waals surface area contributed by atoms with E-state index in [-0.39, 0.29) is 58.2 Å². The molecule has 0 aliphatic heterocycles. The van der Waals surface area contributed by atoms with E-state index in [9.17, 15) is 8.78 Å². The maximum absolute atomic E-state index is 13.2. The van der Waals surface area contributed by atoms with Crippen LogP contribution in [0.5, 0.6) is 5.75 Å². The Morgan fingerprint density at radius 3 is 2.50 bits per heavy atom. The minimum absolute atomic E-state index is 0. The van der Waals surface area contributed by atoms with Gasteiger partial charge in [-0.3, -0.25) is 0 Å². The summed E-state index contributed by atoms with van der Waals surface area (Å²) < 4.78 is 31.2. The molecule has 18 heavy (non-hydrogen) atoms. The Morgan fingerprint density at radius 1 is 1.11 bits per heavy atom. The molecule has 0 bridgehead atoms. The van der Waals surface area contributed by atoms with Gasteiger partial charge in [0, 0.05) is 17.1 Å². The number of ether oxygens (including phenoxy) is 1. The summed E-state index contributed by atoms with van der Waals surface area (Å²) in [7, 11) is 0. The molecule has 0 unspecified atom stereocenters. The Hall–Kier alpha value is -0.654. The van der Waals surface area contributed by atoms with Crippen LogP contribution in [0.15, 0.2) is 42.5 Å². The van der Waals surface area contributed by atoms with E-state index in [1.807, 2.05) is 0 Å². The van der Waals surface area contributed by atoms with Crippen molar-refractivity contribution in [2.24, 2.45) is 0 Å². The molecule has 5 heteroatoms. The second-order valence-corrected chi connectivity index (χ2v) is 3.25. The summed E-state index contributed by atoms with van der Waals surface area (Å²) in [6.45, 7) is 0.0621. The standard InChI is InChI=1S/C13H9F2O.BrH.Mg/c14-11-5-3-6-12(8-11)16-9-10-4-1-2-7-13(10)15;;/h1-5,7-8H,9H2;1H;/q-1;;+2/p-1. The number of hydrogen-bond acceptors (Lipinski definition) is 1. The van der Waals surface area contributed by atoms with E-state index in [1.54, 1.807) is 18.2 Å². The van der Waals surface area contributed by atoms with E-state index < -0.39 is 5.82 Å². The summed E-state index contributed by atoms with van der Waals surface area (Å²) in [5.41, 5.74) is 0.431. The molecule has 0 fully saturated rings. The summed E-state index contributed by atoms with van der Waals surface area (Å²) >= 11 is 0. The molecular formula is C13H9BrF2MgO. The minimum atomic E-state index is -0.401. The third-order valence-corrected chi connectivity index (χ3v) is 2.08. The van der Waals surface area contributed by atoms with Crippen LogP contribution in [0.3, 0.4) is 0 Å². The Bertz CT molecular complexity index is 494. The summed E-state index contributed by atoms with van der Waals surface area (Å²) in [4.78, 5) is 0. The van der Waals surface area contributed by atoms with Gasteiger partial charge in [-0.15, -0.1) is 12.1 Å². The van der Waals surface area contributed by atoms with Crippen molar-refractivity contribution in [3.63, 3.8) is 0 Å². The van der Waals surface area contributed by atoms with Crippen molar-refractivity contribution in [3.8, 4) is 5.75 Å². The monoisotopic (exact) mass is 322 g/mol. The van der Waals surface area contributed by atoms with Gasteiger partial charge in [0.15, 0.2) is 0 Å². The fraction of sp³-hybridized carbons (Fsp3) is 0.0769. The zero-order chi connectivity index (χ0) is 11.4. The van der Waals surface area contributed by atoms with Gasteiger partial charge in [0.2, 0.25) is 0 Å². The molecule has 0 aromatic heterocycles. The van der Waals surface area contributed by atoms with E-state index in [0.29, 0.717) is 5.56 Å². The van der Waals surface area contributed by atoms with Crippen molar-refractivity contribution >= 4 is 23.1 Å². The molecular weight excluding hydrogens is 314 g/mol. The van der Waals surface area contributed by atoms with Crippen LogP contribution in [0.4, 0.5) is 8.78 Å². The zero-order valence-electron chi connectivity index (χ0n) is 9.50. The molecule has 0 heterocycles. The smallest absolute Gasteiger partial charge is 1.00 e. The third kappa shape index (κ3) is 4.92. The first-order chi connectivity index (χ1) is 7.75. The maximum atomic E-state index is 13.2. The molecule has 0 aliphatic rings. The van der Waals surface area contributed by atoms with Gasteiger partial charge in [0.1, 0.15) is 12.4 Å². The van der Waals surface area contributed by atoms with Crippen LogP contribution in [0, 0.1) is 17.7 Å². The summed E-state index contributed by atoms with van der Waals surface area (Å²) in [5, 5.41) is 0. The molecule has 0 saturated heterocycles. The number of benzene rings is 2. The van der Waals surface area contributed by atoms with Crippen molar-refractivity contribution in [3.05, 3.63) is 65.7 Å². The molecule has 0 aliphatic carbocycles. The van der Waals surface area contributed by atoms with Crippen molar-refractivity contribution in [2.45, 2.75) is 6.61 Å². The van der Waals surface area contributed by atoms with Gasteiger partial charge < -0.3 is 21.7 Å². The maximum Gasteiger partial charge on any atom is 2.00 e. The molecule has 0 atom stereocenters. The molecule has 0 radical (unpaired) electrons. The van der Waals surface area contributed by atoms with E-state index in [4.69, 9.17) is 4.74 Å². The SMILES string of the molecule is Fc1cc[c-]c(OCc2ccccc2F)c1.[Br-].[Mg+2]. The molecule has 2 aromatic rings. The van der Waals surface area contributed by atoms with Gasteiger partial charge in [-0.05, 0) is 6.07 Å². The molecule has 0 spiro atoms. The average molecular weight is 323 g/mol. The van der Waals surface area contributed by atoms with Crippen LogP contribution in [-0.4, -0.2) is 23.1 Å². The zero-order valence-corrected chi connectivity index (χ0v) is 12.5. The molecule has 1 nitrogen and oxygen atoms in total. The Labute approximate surface area is 131 Å². The van der Waals surface area contributed by atoms with Crippen LogP contribution >= 0.6 is 0 Å². The molecule has 0 amide bonds. The second-order valence-electron chi connectivity index (χ2n) is 3.25. The number of halogens is 3. The van der Waals surface area contributed by atoms with Crippen molar-refractivity contribution in [1.82, 2.24) is 0 Å². The van der Waals surface area contributed by atoms with Crippen LogP contribution in [0.2, 0.25) is 0 Å². The van der Waals surface area contributed by atoms with E-state index in [0.717, 1.165) is 0 Å². The van der Waals surface area contributed by atoms with Crippen LogP contribution in [0.1, 0.15) is 5.56 Å². The third-order valence-electron chi connectivity index (χ3n) is 2.08. The van der Waals surface area contributed by atoms with Gasteiger partial charge in [0.05, 0.1) is 0 Å². The van der Waals surface area contributed by atoms with Crippen molar-refractivity contribution in [1.29, 1.82) is 0 Å². The van der Waals surface area contributed by atoms with Crippen molar-refractivity contribution in [2.75, 3.05) is 0 Å². The van der Waals surface area contributed by atoms with Crippen molar-refractivity contribution < 1.29 is 30.5 Å². The first-order valence-electron chi connectivity index (χ1n) is 4.79. The minimum Gasteiger partial charge on any atom is -1.00 e. The predicted molar refractivity (Wildman–Crippen MR) is 61.7 cm³/mol. The normalized spacial score (nSPS) is 9.00. The van der Waals surface area contributed by atoms with E-state index >= 15 is 0 Å². The molecule has 90 valence electrons.